The number of carbonyl (C=O) groups excluding carboxylic acids is 1. The van der Waals surface area contributed by atoms with Crippen molar-refractivity contribution in [3.05, 3.63) is 0 Å². The van der Waals surface area contributed by atoms with Crippen molar-refractivity contribution < 1.29 is 27.9 Å². The molecule has 22 heavy (non-hydrogen) atoms. The quantitative estimate of drug-likeness (QED) is 0.786. The standard InChI is InChI=1S/C15H24F3NO3/c1-14(2,8-7-13(21)22)19-12(20)9-10-3-5-11(6-4-10)15(16,17)18/h10-11H,3-9H2,1-2H3,(H,19,20)(H,21,22). The number of aliphatic carboxylic acids is 1. The normalized spacial score (nSPS) is 23.1. The molecule has 0 aromatic rings. The van der Waals surface area contributed by atoms with E-state index in [4.69, 9.17) is 5.11 Å². The molecule has 0 aromatic carbocycles. The Hall–Kier alpha value is -1.27. The molecule has 128 valence electrons. The maximum Gasteiger partial charge on any atom is 0.391 e. The molecule has 0 heterocycles. The van der Waals surface area contributed by atoms with Crippen LogP contribution in [0.1, 0.15) is 58.8 Å². The van der Waals surface area contributed by atoms with Crippen molar-refractivity contribution in [2.45, 2.75) is 70.5 Å². The molecule has 0 aromatic heterocycles. The van der Waals surface area contributed by atoms with Gasteiger partial charge in [-0.3, -0.25) is 9.59 Å². The Morgan fingerprint density at radius 2 is 1.68 bits per heavy atom. The minimum absolute atomic E-state index is 0.0196. The van der Waals surface area contributed by atoms with Gasteiger partial charge < -0.3 is 10.4 Å². The summed E-state index contributed by atoms with van der Waals surface area (Å²) in [6.07, 6.45) is -2.65. The second-order valence-corrected chi connectivity index (χ2v) is 6.79. The van der Waals surface area contributed by atoms with E-state index in [-0.39, 0.29) is 37.5 Å². The van der Waals surface area contributed by atoms with Gasteiger partial charge in [-0.2, -0.15) is 13.2 Å². The summed E-state index contributed by atoms with van der Waals surface area (Å²) in [7, 11) is 0. The largest absolute Gasteiger partial charge is 0.481 e. The molecule has 1 saturated carbocycles. The molecule has 4 nitrogen and oxygen atoms in total. The van der Waals surface area contributed by atoms with Crippen LogP contribution in [0.4, 0.5) is 13.2 Å². The number of hydrogen-bond acceptors (Lipinski definition) is 2. The number of carboxylic acid groups (broad SMARTS) is 1. The van der Waals surface area contributed by atoms with E-state index >= 15 is 0 Å². The summed E-state index contributed by atoms with van der Waals surface area (Å²) in [5, 5.41) is 11.4. The van der Waals surface area contributed by atoms with Gasteiger partial charge in [-0.05, 0) is 51.9 Å². The molecule has 0 atom stereocenters. The Balaban J connectivity index is 2.36. The minimum Gasteiger partial charge on any atom is -0.481 e. The number of carbonyl (C=O) groups is 2. The lowest BCUT2D eigenvalue weighted by Gasteiger charge is -2.31. The molecule has 1 amide bonds. The van der Waals surface area contributed by atoms with Crippen molar-refractivity contribution in [3.63, 3.8) is 0 Å². The summed E-state index contributed by atoms with van der Waals surface area (Å²) < 4.78 is 37.7. The van der Waals surface area contributed by atoms with E-state index in [0.717, 1.165) is 0 Å². The van der Waals surface area contributed by atoms with Crippen LogP contribution >= 0.6 is 0 Å². The fourth-order valence-corrected chi connectivity index (χ4v) is 2.87. The summed E-state index contributed by atoms with van der Waals surface area (Å²) in [5.74, 6) is -2.40. The Bertz CT molecular complexity index is 399. The summed E-state index contributed by atoms with van der Waals surface area (Å²) in [6.45, 7) is 3.49. The number of alkyl halides is 3. The molecular weight excluding hydrogens is 299 g/mol. The van der Waals surface area contributed by atoms with Crippen LogP contribution in [-0.2, 0) is 9.59 Å². The van der Waals surface area contributed by atoms with Crippen molar-refractivity contribution in [2.75, 3.05) is 0 Å². The zero-order chi connectivity index (χ0) is 17.0. The van der Waals surface area contributed by atoms with Crippen molar-refractivity contribution in [2.24, 2.45) is 11.8 Å². The van der Waals surface area contributed by atoms with Gasteiger partial charge >= 0.3 is 12.1 Å². The highest BCUT2D eigenvalue weighted by atomic mass is 19.4. The van der Waals surface area contributed by atoms with Gasteiger partial charge in [0, 0.05) is 18.4 Å². The van der Waals surface area contributed by atoms with Crippen LogP contribution in [0.5, 0.6) is 0 Å². The van der Waals surface area contributed by atoms with E-state index in [1.165, 1.54) is 0 Å². The molecule has 0 spiro atoms. The molecule has 7 heteroatoms. The lowest BCUT2D eigenvalue weighted by atomic mass is 9.80. The molecule has 1 fully saturated rings. The minimum atomic E-state index is -4.13. The van der Waals surface area contributed by atoms with Crippen LogP contribution in [0.2, 0.25) is 0 Å². The molecule has 0 radical (unpaired) electrons. The van der Waals surface area contributed by atoms with Gasteiger partial charge in [-0.25, -0.2) is 0 Å². The highest BCUT2D eigenvalue weighted by Crippen LogP contribution is 2.40. The molecule has 1 aliphatic carbocycles. The van der Waals surface area contributed by atoms with Crippen LogP contribution in [0, 0.1) is 11.8 Å². The van der Waals surface area contributed by atoms with Crippen LogP contribution in [0.25, 0.3) is 0 Å². The molecule has 1 aliphatic rings. The second kappa shape index (κ2) is 7.33. The first-order valence-corrected chi connectivity index (χ1v) is 7.59. The second-order valence-electron chi connectivity index (χ2n) is 6.79. The van der Waals surface area contributed by atoms with Gasteiger partial charge in [0.05, 0.1) is 5.92 Å². The van der Waals surface area contributed by atoms with E-state index in [2.05, 4.69) is 5.32 Å². The van der Waals surface area contributed by atoms with Crippen LogP contribution in [0.15, 0.2) is 0 Å². The fraction of sp³-hybridized carbons (Fsp3) is 0.867. The third-order valence-electron chi connectivity index (χ3n) is 4.23. The van der Waals surface area contributed by atoms with Gasteiger partial charge in [0.1, 0.15) is 0 Å². The number of carboxylic acids is 1. The lowest BCUT2D eigenvalue weighted by molar-refractivity contribution is -0.184. The first-order chi connectivity index (χ1) is 9.99. The van der Waals surface area contributed by atoms with E-state index in [1.54, 1.807) is 13.8 Å². The van der Waals surface area contributed by atoms with Crippen molar-refractivity contribution >= 4 is 11.9 Å². The van der Waals surface area contributed by atoms with Crippen molar-refractivity contribution in [1.82, 2.24) is 5.32 Å². The molecule has 2 N–H and O–H groups in total. The van der Waals surface area contributed by atoms with Crippen molar-refractivity contribution in [1.29, 1.82) is 0 Å². The average molecular weight is 323 g/mol. The average Bonchev–Trinajstić information content (AvgIpc) is 2.35. The predicted octanol–water partition coefficient (Wildman–Crippen LogP) is 3.50. The van der Waals surface area contributed by atoms with Gasteiger partial charge in [-0.15, -0.1) is 0 Å². The van der Waals surface area contributed by atoms with E-state index in [0.29, 0.717) is 19.3 Å². The Labute approximate surface area is 128 Å². The number of amides is 1. The highest BCUT2D eigenvalue weighted by molar-refractivity contribution is 5.77. The zero-order valence-electron chi connectivity index (χ0n) is 13.0. The number of rotatable bonds is 6. The van der Waals surface area contributed by atoms with Crippen molar-refractivity contribution in [3.8, 4) is 0 Å². The fourth-order valence-electron chi connectivity index (χ4n) is 2.87. The maximum atomic E-state index is 12.6. The first-order valence-electron chi connectivity index (χ1n) is 7.59. The van der Waals surface area contributed by atoms with Gasteiger partial charge in [0.15, 0.2) is 0 Å². The first kappa shape index (κ1) is 18.8. The van der Waals surface area contributed by atoms with E-state index in [1.807, 2.05) is 0 Å². The topological polar surface area (TPSA) is 66.4 Å². The van der Waals surface area contributed by atoms with Crippen LogP contribution in [0.3, 0.4) is 0 Å². The molecule has 0 bridgehead atoms. The molecule has 1 rings (SSSR count). The zero-order valence-corrected chi connectivity index (χ0v) is 13.0. The van der Waals surface area contributed by atoms with E-state index in [9.17, 15) is 22.8 Å². The molecule has 0 saturated heterocycles. The monoisotopic (exact) mass is 323 g/mol. The Morgan fingerprint density at radius 1 is 1.14 bits per heavy atom. The smallest absolute Gasteiger partial charge is 0.391 e. The number of hydrogen-bond donors (Lipinski definition) is 2. The Morgan fingerprint density at radius 3 is 2.14 bits per heavy atom. The van der Waals surface area contributed by atoms with E-state index < -0.39 is 23.6 Å². The maximum absolute atomic E-state index is 12.6. The van der Waals surface area contributed by atoms with Crippen LogP contribution < -0.4 is 5.32 Å². The van der Waals surface area contributed by atoms with Gasteiger partial charge in [0.2, 0.25) is 5.91 Å². The summed E-state index contributed by atoms with van der Waals surface area (Å²) in [6, 6.07) is 0. The third-order valence-corrected chi connectivity index (χ3v) is 4.23. The summed E-state index contributed by atoms with van der Waals surface area (Å²) >= 11 is 0. The number of halogens is 3. The molecule has 0 aliphatic heterocycles. The summed E-state index contributed by atoms with van der Waals surface area (Å²) in [5.41, 5.74) is -0.626. The lowest BCUT2D eigenvalue weighted by Crippen LogP contribution is -2.44. The third kappa shape index (κ3) is 6.66. The molecule has 0 unspecified atom stereocenters. The SMILES string of the molecule is CC(C)(CCC(=O)O)NC(=O)CC1CCC(C(F)(F)F)CC1. The Kier molecular flexibility index (Phi) is 6.26. The predicted molar refractivity (Wildman–Crippen MR) is 75.2 cm³/mol. The van der Waals surface area contributed by atoms with Gasteiger partial charge in [0.25, 0.3) is 0 Å². The number of nitrogens with one attached hydrogen (secondary N) is 1. The summed E-state index contributed by atoms with van der Waals surface area (Å²) in [4.78, 5) is 22.5. The van der Waals surface area contributed by atoms with Crippen LogP contribution in [-0.4, -0.2) is 28.7 Å². The highest BCUT2D eigenvalue weighted by Gasteiger charge is 2.41. The van der Waals surface area contributed by atoms with Gasteiger partial charge in [-0.1, -0.05) is 0 Å². The molecular formula is C15H24F3NO3.